The standard InChI is InChI=1S/C8H7N5O2/c9-5-4-13(12-7(5)8(14)15)6-2-1-3-10-11-6/h1-4H,9H2,(H,14,15). The van der Waals surface area contributed by atoms with Crippen molar-refractivity contribution in [1.82, 2.24) is 20.0 Å². The van der Waals surface area contributed by atoms with Crippen LogP contribution in [0.4, 0.5) is 5.69 Å². The summed E-state index contributed by atoms with van der Waals surface area (Å²) in [6, 6.07) is 3.31. The van der Waals surface area contributed by atoms with Gasteiger partial charge in [0.05, 0.1) is 11.9 Å². The van der Waals surface area contributed by atoms with Crippen molar-refractivity contribution in [1.29, 1.82) is 0 Å². The molecule has 2 aromatic rings. The molecule has 0 spiro atoms. The van der Waals surface area contributed by atoms with Crippen LogP contribution in [0.1, 0.15) is 10.5 Å². The van der Waals surface area contributed by atoms with Gasteiger partial charge < -0.3 is 10.8 Å². The largest absolute Gasteiger partial charge is 0.476 e. The lowest BCUT2D eigenvalue weighted by molar-refractivity contribution is 0.0691. The first kappa shape index (κ1) is 9.13. The monoisotopic (exact) mass is 205 g/mol. The zero-order chi connectivity index (χ0) is 10.8. The molecule has 7 nitrogen and oxygen atoms in total. The van der Waals surface area contributed by atoms with Gasteiger partial charge in [-0.2, -0.15) is 10.2 Å². The lowest BCUT2D eigenvalue weighted by Crippen LogP contribution is -2.03. The predicted octanol–water partition coefficient (Wildman–Crippen LogP) is -0.0573. The summed E-state index contributed by atoms with van der Waals surface area (Å²) in [7, 11) is 0. The van der Waals surface area contributed by atoms with Gasteiger partial charge in [0.25, 0.3) is 0 Å². The Hall–Kier alpha value is -2.44. The Bertz CT molecular complexity index is 493. The topological polar surface area (TPSA) is 107 Å². The second-order valence-electron chi connectivity index (χ2n) is 2.76. The Morgan fingerprint density at radius 1 is 1.53 bits per heavy atom. The highest BCUT2D eigenvalue weighted by Crippen LogP contribution is 2.11. The van der Waals surface area contributed by atoms with Crippen molar-refractivity contribution in [3.8, 4) is 5.82 Å². The summed E-state index contributed by atoms with van der Waals surface area (Å²) in [5, 5.41) is 19.9. The number of aromatic carboxylic acids is 1. The molecule has 0 aromatic carbocycles. The molecule has 76 valence electrons. The summed E-state index contributed by atoms with van der Waals surface area (Å²) in [6.07, 6.45) is 2.89. The van der Waals surface area contributed by atoms with E-state index in [1.165, 1.54) is 17.1 Å². The van der Waals surface area contributed by atoms with Crippen LogP contribution in [-0.2, 0) is 0 Å². The Balaban J connectivity index is 2.48. The van der Waals surface area contributed by atoms with Crippen LogP contribution in [0, 0.1) is 0 Å². The van der Waals surface area contributed by atoms with E-state index in [0.29, 0.717) is 5.82 Å². The third-order valence-corrected chi connectivity index (χ3v) is 1.74. The van der Waals surface area contributed by atoms with Crippen LogP contribution in [0.15, 0.2) is 24.5 Å². The summed E-state index contributed by atoms with van der Waals surface area (Å²) in [5.74, 6) is -0.758. The fourth-order valence-electron chi connectivity index (χ4n) is 1.09. The van der Waals surface area contributed by atoms with Gasteiger partial charge in [0, 0.05) is 6.20 Å². The summed E-state index contributed by atoms with van der Waals surface area (Å²) in [6.45, 7) is 0. The molecule has 0 atom stereocenters. The van der Waals surface area contributed by atoms with E-state index in [1.54, 1.807) is 12.1 Å². The predicted molar refractivity (Wildman–Crippen MR) is 50.5 cm³/mol. The van der Waals surface area contributed by atoms with Crippen molar-refractivity contribution in [2.45, 2.75) is 0 Å². The molecule has 2 aromatic heterocycles. The molecule has 0 radical (unpaired) electrons. The zero-order valence-electron chi connectivity index (χ0n) is 7.53. The van der Waals surface area contributed by atoms with E-state index in [4.69, 9.17) is 10.8 Å². The van der Waals surface area contributed by atoms with E-state index >= 15 is 0 Å². The molecule has 2 rings (SSSR count). The minimum Gasteiger partial charge on any atom is -0.476 e. The third kappa shape index (κ3) is 1.62. The van der Waals surface area contributed by atoms with Gasteiger partial charge in [-0.05, 0) is 12.1 Å². The Morgan fingerprint density at radius 2 is 2.33 bits per heavy atom. The molecule has 0 aliphatic carbocycles. The van der Waals surface area contributed by atoms with Crippen molar-refractivity contribution in [3.05, 3.63) is 30.2 Å². The van der Waals surface area contributed by atoms with Crippen molar-refractivity contribution in [2.24, 2.45) is 0 Å². The highest BCUT2D eigenvalue weighted by Gasteiger charge is 2.14. The highest BCUT2D eigenvalue weighted by atomic mass is 16.4. The molecule has 0 bridgehead atoms. The lowest BCUT2D eigenvalue weighted by Gasteiger charge is -1.95. The Morgan fingerprint density at radius 3 is 2.87 bits per heavy atom. The van der Waals surface area contributed by atoms with E-state index < -0.39 is 5.97 Å². The summed E-state index contributed by atoms with van der Waals surface area (Å²) in [4.78, 5) is 10.7. The number of carboxylic acids is 1. The maximum absolute atomic E-state index is 10.7. The molecule has 0 saturated carbocycles. The second-order valence-corrected chi connectivity index (χ2v) is 2.76. The van der Waals surface area contributed by atoms with Crippen LogP contribution in [0.25, 0.3) is 5.82 Å². The van der Waals surface area contributed by atoms with Crippen LogP contribution in [0.5, 0.6) is 0 Å². The van der Waals surface area contributed by atoms with Crippen molar-refractivity contribution < 1.29 is 9.90 Å². The molecule has 0 saturated heterocycles. The first-order valence-corrected chi connectivity index (χ1v) is 4.05. The number of rotatable bonds is 2. The molecule has 0 amide bonds. The van der Waals surface area contributed by atoms with Crippen molar-refractivity contribution in [3.63, 3.8) is 0 Å². The SMILES string of the molecule is Nc1cn(-c2cccnn2)nc1C(=O)O. The number of aromatic nitrogens is 4. The first-order valence-electron chi connectivity index (χ1n) is 4.05. The van der Waals surface area contributed by atoms with E-state index in [1.807, 2.05) is 0 Å². The maximum atomic E-state index is 10.7. The number of carbonyl (C=O) groups is 1. The van der Waals surface area contributed by atoms with E-state index in [9.17, 15) is 4.79 Å². The Labute approximate surface area is 84.2 Å². The molecule has 0 aliphatic heterocycles. The summed E-state index contributed by atoms with van der Waals surface area (Å²) >= 11 is 0. The van der Waals surface area contributed by atoms with Crippen LogP contribution >= 0.6 is 0 Å². The van der Waals surface area contributed by atoms with Crippen LogP contribution < -0.4 is 5.73 Å². The van der Waals surface area contributed by atoms with E-state index in [-0.39, 0.29) is 11.4 Å². The Kier molecular flexibility index (Phi) is 2.05. The minimum absolute atomic E-state index is 0.0909. The molecule has 0 aliphatic rings. The third-order valence-electron chi connectivity index (χ3n) is 1.74. The number of nitrogens with zero attached hydrogens (tertiary/aromatic N) is 4. The smallest absolute Gasteiger partial charge is 0.358 e. The molecule has 7 heteroatoms. The average molecular weight is 205 g/mol. The molecule has 2 heterocycles. The van der Waals surface area contributed by atoms with Gasteiger partial charge in [0.1, 0.15) is 0 Å². The number of anilines is 1. The molecule has 0 fully saturated rings. The summed E-state index contributed by atoms with van der Waals surface area (Å²) in [5.41, 5.74) is 5.36. The fraction of sp³-hybridized carbons (Fsp3) is 0. The number of hydrogen-bond donors (Lipinski definition) is 2. The second kappa shape index (κ2) is 3.37. The zero-order valence-corrected chi connectivity index (χ0v) is 7.53. The van der Waals surface area contributed by atoms with Gasteiger partial charge in [-0.1, -0.05) is 0 Å². The molecular weight excluding hydrogens is 198 g/mol. The number of nitrogens with two attached hydrogens (primary N) is 1. The van der Waals surface area contributed by atoms with Gasteiger partial charge in [-0.15, -0.1) is 5.10 Å². The molecular formula is C8H7N5O2. The summed E-state index contributed by atoms with van der Waals surface area (Å²) < 4.78 is 1.27. The van der Waals surface area contributed by atoms with E-state index in [0.717, 1.165) is 0 Å². The van der Waals surface area contributed by atoms with Gasteiger partial charge in [0.2, 0.25) is 0 Å². The number of nitrogen functional groups attached to an aromatic ring is 1. The average Bonchev–Trinajstić information content (AvgIpc) is 2.62. The highest BCUT2D eigenvalue weighted by molar-refractivity contribution is 5.91. The van der Waals surface area contributed by atoms with Crippen molar-refractivity contribution in [2.75, 3.05) is 5.73 Å². The van der Waals surface area contributed by atoms with Crippen molar-refractivity contribution >= 4 is 11.7 Å². The van der Waals surface area contributed by atoms with Crippen LogP contribution in [0.2, 0.25) is 0 Å². The van der Waals surface area contributed by atoms with Gasteiger partial charge in [0.15, 0.2) is 11.5 Å². The molecule has 15 heavy (non-hydrogen) atoms. The number of carboxylic acid groups (broad SMARTS) is 1. The fourth-order valence-corrected chi connectivity index (χ4v) is 1.09. The maximum Gasteiger partial charge on any atom is 0.358 e. The van der Waals surface area contributed by atoms with Crippen LogP contribution in [0.3, 0.4) is 0 Å². The normalized spacial score (nSPS) is 10.1. The minimum atomic E-state index is -1.17. The van der Waals surface area contributed by atoms with Gasteiger partial charge in [-0.3, -0.25) is 0 Å². The van der Waals surface area contributed by atoms with Gasteiger partial charge in [-0.25, -0.2) is 9.48 Å². The van der Waals surface area contributed by atoms with Gasteiger partial charge >= 0.3 is 5.97 Å². The van der Waals surface area contributed by atoms with E-state index in [2.05, 4.69) is 15.3 Å². The van der Waals surface area contributed by atoms with Crippen LogP contribution in [-0.4, -0.2) is 31.1 Å². The number of hydrogen-bond acceptors (Lipinski definition) is 5. The molecule has 3 N–H and O–H groups in total. The first-order chi connectivity index (χ1) is 7.18. The molecule has 0 unspecified atom stereocenters. The quantitative estimate of drug-likeness (QED) is 0.711. The lowest BCUT2D eigenvalue weighted by atomic mass is 10.4.